The summed E-state index contributed by atoms with van der Waals surface area (Å²) in [6.07, 6.45) is 3.69. The van der Waals surface area contributed by atoms with Crippen LogP contribution in [0.15, 0.2) is 42.7 Å². The Labute approximate surface area is 177 Å². The molecular weight excluding hydrogens is 382 g/mol. The van der Waals surface area contributed by atoms with Gasteiger partial charge in [0.2, 0.25) is 0 Å². The summed E-state index contributed by atoms with van der Waals surface area (Å²) in [5, 5.41) is 4.27. The van der Waals surface area contributed by atoms with E-state index in [1.54, 1.807) is 20.5 Å². The average molecular weight is 412 g/mol. The molecule has 160 valence electrons. The maximum Gasteiger partial charge on any atom is 0.163 e. The first-order valence-corrected chi connectivity index (χ1v) is 10.1. The maximum atomic E-state index is 5.90. The standard InChI is InChI=1S/C23H29N3O4/c1-4-6-17-7-5-8-18(13-17)26-23-19-14-21(29-11-9-27-2)22(30-12-10-28-3)15-20(19)24-16-25-23/h5,7-8,13-16H,4,6,9-12H2,1-3H3,(H,24,25,26). The van der Waals surface area contributed by atoms with E-state index in [0.29, 0.717) is 43.7 Å². The molecule has 30 heavy (non-hydrogen) atoms. The van der Waals surface area contributed by atoms with Gasteiger partial charge in [0.05, 0.1) is 18.7 Å². The van der Waals surface area contributed by atoms with Gasteiger partial charge in [-0.3, -0.25) is 0 Å². The van der Waals surface area contributed by atoms with E-state index >= 15 is 0 Å². The highest BCUT2D eigenvalue weighted by Gasteiger charge is 2.13. The molecule has 0 aliphatic rings. The zero-order chi connectivity index (χ0) is 21.2. The molecule has 7 nitrogen and oxygen atoms in total. The van der Waals surface area contributed by atoms with E-state index in [0.717, 1.165) is 29.4 Å². The van der Waals surface area contributed by atoms with Crippen LogP contribution in [0.25, 0.3) is 10.9 Å². The summed E-state index contributed by atoms with van der Waals surface area (Å²) in [6, 6.07) is 12.1. The smallest absolute Gasteiger partial charge is 0.163 e. The SMILES string of the molecule is CCCc1cccc(Nc2ncnc3cc(OCCOC)c(OCCOC)cc23)c1. The highest BCUT2D eigenvalue weighted by molar-refractivity contribution is 5.93. The lowest BCUT2D eigenvalue weighted by molar-refractivity contribution is 0.132. The number of aryl methyl sites for hydroxylation is 1. The Kier molecular flexibility index (Phi) is 8.23. The van der Waals surface area contributed by atoms with Crippen molar-refractivity contribution in [1.82, 2.24) is 9.97 Å². The van der Waals surface area contributed by atoms with Gasteiger partial charge in [0.15, 0.2) is 11.5 Å². The predicted molar refractivity (Wildman–Crippen MR) is 118 cm³/mol. The molecule has 0 aliphatic carbocycles. The number of hydrogen-bond donors (Lipinski definition) is 1. The van der Waals surface area contributed by atoms with Gasteiger partial charge in [-0.15, -0.1) is 0 Å². The number of aromatic nitrogens is 2. The Morgan fingerprint density at radius 3 is 2.30 bits per heavy atom. The highest BCUT2D eigenvalue weighted by atomic mass is 16.5. The zero-order valence-electron chi connectivity index (χ0n) is 17.8. The van der Waals surface area contributed by atoms with E-state index in [1.165, 1.54) is 5.56 Å². The van der Waals surface area contributed by atoms with E-state index < -0.39 is 0 Å². The second-order valence-corrected chi connectivity index (χ2v) is 6.80. The minimum absolute atomic E-state index is 0.415. The van der Waals surface area contributed by atoms with Gasteiger partial charge in [0.25, 0.3) is 0 Å². The molecule has 0 saturated heterocycles. The van der Waals surface area contributed by atoms with Gasteiger partial charge >= 0.3 is 0 Å². The maximum absolute atomic E-state index is 5.90. The molecule has 3 aromatic rings. The molecule has 0 fully saturated rings. The first-order valence-electron chi connectivity index (χ1n) is 10.1. The number of methoxy groups -OCH3 is 2. The molecule has 1 N–H and O–H groups in total. The summed E-state index contributed by atoms with van der Waals surface area (Å²) in [7, 11) is 3.28. The van der Waals surface area contributed by atoms with Crippen LogP contribution < -0.4 is 14.8 Å². The second kappa shape index (κ2) is 11.3. The van der Waals surface area contributed by atoms with Gasteiger partial charge in [-0.1, -0.05) is 25.5 Å². The molecule has 1 aromatic heterocycles. The van der Waals surface area contributed by atoms with E-state index in [4.69, 9.17) is 18.9 Å². The lowest BCUT2D eigenvalue weighted by atomic mass is 10.1. The van der Waals surface area contributed by atoms with Crippen molar-refractivity contribution in [1.29, 1.82) is 0 Å². The van der Waals surface area contributed by atoms with Crippen molar-refractivity contribution in [3.63, 3.8) is 0 Å². The van der Waals surface area contributed by atoms with Crippen LogP contribution in [0.5, 0.6) is 11.5 Å². The topological polar surface area (TPSA) is 74.7 Å². The Bertz CT molecular complexity index is 949. The largest absolute Gasteiger partial charge is 0.487 e. The first kappa shape index (κ1) is 21.8. The molecule has 0 spiro atoms. The Morgan fingerprint density at radius 2 is 1.60 bits per heavy atom. The number of fused-ring (bicyclic) bond motifs is 1. The van der Waals surface area contributed by atoms with Crippen molar-refractivity contribution in [2.75, 3.05) is 46.0 Å². The van der Waals surface area contributed by atoms with Gasteiger partial charge in [-0.25, -0.2) is 9.97 Å². The van der Waals surface area contributed by atoms with Crippen molar-refractivity contribution < 1.29 is 18.9 Å². The van der Waals surface area contributed by atoms with E-state index in [9.17, 15) is 0 Å². The van der Waals surface area contributed by atoms with Crippen molar-refractivity contribution in [3.8, 4) is 11.5 Å². The molecule has 0 saturated carbocycles. The van der Waals surface area contributed by atoms with Crippen molar-refractivity contribution in [3.05, 3.63) is 48.3 Å². The number of nitrogens with one attached hydrogen (secondary N) is 1. The lowest BCUT2D eigenvalue weighted by Crippen LogP contribution is -2.09. The van der Waals surface area contributed by atoms with Crippen LogP contribution in [0.2, 0.25) is 0 Å². The number of hydrogen-bond acceptors (Lipinski definition) is 7. The molecule has 2 aromatic carbocycles. The molecule has 0 radical (unpaired) electrons. The molecule has 3 rings (SSSR count). The Morgan fingerprint density at radius 1 is 0.867 bits per heavy atom. The van der Waals surface area contributed by atoms with Crippen LogP contribution in [-0.2, 0) is 15.9 Å². The van der Waals surface area contributed by atoms with Crippen molar-refractivity contribution in [2.45, 2.75) is 19.8 Å². The highest BCUT2D eigenvalue weighted by Crippen LogP contribution is 2.35. The van der Waals surface area contributed by atoms with Gasteiger partial charge in [0.1, 0.15) is 25.4 Å². The summed E-state index contributed by atoms with van der Waals surface area (Å²) in [5.74, 6) is 1.95. The molecule has 0 bridgehead atoms. The van der Waals surface area contributed by atoms with E-state index in [-0.39, 0.29) is 0 Å². The Balaban J connectivity index is 1.93. The van der Waals surface area contributed by atoms with Gasteiger partial charge in [-0.05, 0) is 30.2 Å². The monoisotopic (exact) mass is 411 g/mol. The van der Waals surface area contributed by atoms with Crippen LogP contribution in [0.3, 0.4) is 0 Å². The number of rotatable bonds is 12. The number of benzene rings is 2. The summed E-state index contributed by atoms with van der Waals surface area (Å²) in [5.41, 5.74) is 3.05. The fourth-order valence-electron chi connectivity index (χ4n) is 3.09. The van der Waals surface area contributed by atoms with Crippen molar-refractivity contribution in [2.24, 2.45) is 0 Å². The molecule has 0 atom stereocenters. The molecule has 1 heterocycles. The predicted octanol–water partition coefficient (Wildman–Crippen LogP) is 4.38. The zero-order valence-corrected chi connectivity index (χ0v) is 17.8. The quantitative estimate of drug-likeness (QED) is 0.443. The number of nitrogens with zero attached hydrogens (tertiary/aromatic N) is 2. The van der Waals surface area contributed by atoms with Crippen LogP contribution in [0.4, 0.5) is 11.5 Å². The third-order valence-corrected chi connectivity index (χ3v) is 4.52. The van der Waals surface area contributed by atoms with Crippen molar-refractivity contribution >= 4 is 22.4 Å². The molecule has 0 amide bonds. The van der Waals surface area contributed by atoms with Crippen LogP contribution in [0.1, 0.15) is 18.9 Å². The summed E-state index contributed by atoms with van der Waals surface area (Å²) >= 11 is 0. The third kappa shape index (κ3) is 5.81. The van der Waals surface area contributed by atoms with Crippen LogP contribution in [-0.4, -0.2) is 50.6 Å². The van der Waals surface area contributed by atoms with Gasteiger partial charge in [0, 0.05) is 31.4 Å². The first-order chi connectivity index (χ1) is 14.7. The molecule has 0 aliphatic heterocycles. The molecule has 0 unspecified atom stereocenters. The fourth-order valence-corrected chi connectivity index (χ4v) is 3.09. The normalized spacial score (nSPS) is 10.9. The Hall–Kier alpha value is -2.90. The fraction of sp³-hybridized carbons (Fsp3) is 0.391. The van der Waals surface area contributed by atoms with E-state index in [1.807, 2.05) is 18.2 Å². The summed E-state index contributed by atoms with van der Waals surface area (Å²) in [4.78, 5) is 8.87. The van der Waals surface area contributed by atoms with Gasteiger partial charge in [-0.2, -0.15) is 0 Å². The minimum Gasteiger partial charge on any atom is -0.487 e. The number of anilines is 2. The lowest BCUT2D eigenvalue weighted by Gasteiger charge is -2.15. The summed E-state index contributed by atoms with van der Waals surface area (Å²) < 4.78 is 21.9. The third-order valence-electron chi connectivity index (χ3n) is 4.52. The number of ether oxygens (including phenoxy) is 4. The van der Waals surface area contributed by atoms with Crippen LogP contribution >= 0.6 is 0 Å². The average Bonchev–Trinajstić information content (AvgIpc) is 2.75. The molecular formula is C23H29N3O4. The van der Waals surface area contributed by atoms with E-state index in [2.05, 4.69) is 40.4 Å². The van der Waals surface area contributed by atoms with Gasteiger partial charge < -0.3 is 24.3 Å². The second-order valence-electron chi connectivity index (χ2n) is 6.80. The molecule has 7 heteroatoms. The van der Waals surface area contributed by atoms with Crippen LogP contribution in [0, 0.1) is 0 Å². The summed E-state index contributed by atoms with van der Waals surface area (Å²) in [6.45, 7) is 3.98. The minimum atomic E-state index is 0.415.